The first-order valence-corrected chi connectivity index (χ1v) is 11.6. The Labute approximate surface area is 213 Å². The molecule has 0 heterocycles. The Balaban J connectivity index is 0.000000350. The maximum absolute atomic E-state index is 12.2. The second kappa shape index (κ2) is 11.8. The Morgan fingerprint density at radius 2 is 1.21 bits per heavy atom. The predicted octanol–water partition coefficient (Wildman–Crippen LogP) is 6.64. The van der Waals surface area contributed by atoms with Gasteiger partial charge in [-0.15, -0.1) is 0 Å². The van der Waals surface area contributed by atoms with E-state index in [-0.39, 0.29) is 31.9 Å². The van der Waals surface area contributed by atoms with Crippen LogP contribution in [0.15, 0.2) is 12.1 Å². The molecule has 0 spiro atoms. The third-order valence-corrected chi connectivity index (χ3v) is 6.93. The zero-order chi connectivity index (χ0) is 26.6. The summed E-state index contributed by atoms with van der Waals surface area (Å²) in [5.41, 5.74) is -4.58. The van der Waals surface area contributed by atoms with Gasteiger partial charge in [-0.2, -0.15) is 21.6 Å². The molecule has 0 aromatic heterocycles. The smallest absolute Gasteiger partial charge is 0.495 e. The van der Waals surface area contributed by atoms with Crippen LogP contribution in [-0.2, 0) is 14.9 Å². The number of hydrogen-bond donors (Lipinski definition) is 0. The van der Waals surface area contributed by atoms with Crippen molar-refractivity contribution in [3.05, 3.63) is 48.9 Å². The molecule has 2 aromatic carbocycles. The number of carbonyl (C=O) groups is 1. The van der Waals surface area contributed by atoms with E-state index in [1.54, 1.807) is 6.92 Å². The van der Waals surface area contributed by atoms with Crippen molar-refractivity contribution in [3.63, 3.8) is 0 Å². The molecule has 0 saturated carbocycles. The number of benzene rings is 2. The Kier molecular flexibility index (Phi) is 10.5. The number of halogens is 7. The van der Waals surface area contributed by atoms with Crippen LogP contribution in [0.3, 0.4) is 0 Å². The minimum absolute atomic E-state index is 0.0456. The molecule has 0 aliphatic heterocycles. The average Bonchev–Trinajstić information content (AvgIpc) is 2.77. The molecule has 0 aliphatic carbocycles. The molecule has 0 bridgehead atoms. The number of esters is 1. The van der Waals surface area contributed by atoms with E-state index >= 15 is 0 Å². The summed E-state index contributed by atoms with van der Waals surface area (Å²) in [6, 6.07) is 2.32. The SMILES string of the molecule is COC(=O)c1cc(OC)c(Cl)c(C)c1Cl.COc1cc(OS(=O)(=O)C(F)(F)F)c(Cl)c(C)c1Cl. The Morgan fingerprint density at radius 1 is 0.794 bits per heavy atom. The van der Waals surface area contributed by atoms with Crippen LogP contribution in [0.4, 0.5) is 13.2 Å². The first kappa shape index (κ1) is 30.2. The van der Waals surface area contributed by atoms with Gasteiger partial charge >= 0.3 is 21.6 Å². The molecule has 15 heteroatoms. The molecule has 0 aliphatic rings. The molecule has 0 unspecified atom stereocenters. The first-order chi connectivity index (χ1) is 15.5. The lowest BCUT2D eigenvalue weighted by atomic mass is 10.1. The van der Waals surface area contributed by atoms with Crippen molar-refractivity contribution in [2.75, 3.05) is 21.3 Å². The monoisotopic (exact) mass is 586 g/mol. The van der Waals surface area contributed by atoms with E-state index in [2.05, 4.69) is 8.92 Å². The highest BCUT2D eigenvalue weighted by atomic mass is 35.5. The van der Waals surface area contributed by atoms with Gasteiger partial charge in [-0.1, -0.05) is 46.4 Å². The molecular weight excluding hydrogens is 571 g/mol. The molecule has 7 nitrogen and oxygen atoms in total. The van der Waals surface area contributed by atoms with E-state index in [1.807, 2.05) is 0 Å². The van der Waals surface area contributed by atoms with E-state index in [0.29, 0.717) is 16.3 Å². The standard InChI is InChI=1S/C10H10Cl2O3.C9H7Cl2F3O4S/c1-5-8(11)6(10(13)15-3)4-7(14-2)9(5)12;1-4-7(10)5(17-2)3-6(8(4)11)18-19(15,16)9(12,13)14/h4H,1-3H3;3H,1-2H3. The topological polar surface area (TPSA) is 88.1 Å². The predicted molar refractivity (Wildman–Crippen MR) is 122 cm³/mol. The van der Waals surface area contributed by atoms with Crippen molar-refractivity contribution in [2.45, 2.75) is 19.4 Å². The zero-order valence-corrected chi connectivity index (χ0v) is 21.9. The summed E-state index contributed by atoms with van der Waals surface area (Å²) in [6.45, 7) is 3.08. The van der Waals surface area contributed by atoms with Gasteiger partial charge in [0.05, 0.1) is 47.0 Å². The van der Waals surface area contributed by atoms with Gasteiger partial charge in [0.15, 0.2) is 5.75 Å². The molecule has 190 valence electrons. The lowest BCUT2D eigenvalue weighted by molar-refractivity contribution is -0.0500. The molecule has 0 radical (unpaired) electrons. The maximum atomic E-state index is 12.2. The minimum Gasteiger partial charge on any atom is -0.495 e. The Morgan fingerprint density at radius 3 is 1.62 bits per heavy atom. The average molecular weight is 588 g/mol. The summed E-state index contributed by atoms with van der Waals surface area (Å²) in [5, 5.41) is 0.380. The normalized spacial score (nSPS) is 11.3. The molecule has 0 fully saturated rings. The molecule has 0 saturated heterocycles. The first-order valence-electron chi connectivity index (χ1n) is 8.68. The van der Waals surface area contributed by atoms with Gasteiger partial charge in [0.2, 0.25) is 0 Å². The van der Waals surface area contributed by atoms with E-state index < -0.39 is 27.3 Å². The summed E-state index contributed by atoms with van der Waals surface area (Å²) >= 11 is 23.4. The molecule has 0 N–H and O–H groups in total. The van der Waals surface area contributed by atoms with Crippen molar-refractivity contribution in [2.24, 2.45) is 0 Å². The fourth-order valence-electron chi connectivity index (χ4n) is 2.23. The van der Waals surface area contributed by atoms with Crippen molar-refractivity contribution < 1.29 is 44.8 Å². The second-order valence-corrected chi connectivity index (χ2v) is 9.23. The number of ether oxygens (including phenoxy) is 3. The molecule has 0 atom stereocenters. The fraction of sp³-hybridized carbons (Fsp3) is 0.316. The molecule has 2 rings (SSSR count). The minimum atomic E-state index is -5.81. The molecule has 34 heavy (non-hydrogen) atoms. The number of rotatable bonds is 5. The summed E-state index contributed by atoms with van der Waals surface area (Å²) in [7, 11) is -1.85. The number of methoxy groups -OCH3 is 3. The van der Waals surface area contributed by atoms with Crippen molar-refractivity contribution in [3.8, 4) is 17.2 Å². The van der Waals surface area contributed by atoms with E-state index in [0.717, 1.165) is 6.07 Å². The number of hydrogen-bond acceptors (Lipinski definition) is 7. The van der Waals surface area contributed by atoms with Gasteiger partial charge in [0, 0.05) is 6.07 Å². The van der Waals surface area contributed by atoms with Crippen LogP contribution in [-0.4, -0.2) is 41.2 Å². The molecule has 2 aromatic rings. The summed E-state index contributed by atoms with van der Waals surface area (Å²) in [6.07, 6.45) is 0. The fourth-order valence-corrected chi connectivity index (χ4v) is 3.71. The van der Waals surface area contributed by atoms with Crippen molar-refractivity contribution in [1.82, 2.24) is 0 Å². The highest BCUT2D eigenvalue weighted by molar-refractivity contribution is 7.88. The van der Waals surface area contributed by atoms with E-state index in [9.17, 15) is 26.4 Å². The summed E-state index contributed by atoms with van der Waals surface area (Å²) in [4.78, 5) is 11.4. The van der Waals surface area contributed by atoms with Crippen LogP contribution in [0.1, 0.15) is 21.5 Å². The summed E-state index contributed by atoms with van der Waals surface area (Å²) in [5.74, 6) is -0.884. The number of carbonyl (C=O) groups excluding carboxylic acids is 1. The Bertz CT molecular complexity index is 1190. The van der Waals surface area contributed by atoms with Crippen LogP contribution in [0, 0.1) is 13.8 Å². The van der Waals surface area contributed by atoms with Gasteiger partial charge in [0.1, 0.15) is 11.5 Å². The Hall–Kier alpha value is -1.79. The van der Waals surface area contributed by atoms with Crippen molar-refractivity contribution >= 4 is 62.5 Å². The van der Waals surface area contributed by atoms with Gasteiger partial charge < -0.3 is 18.4 Å². The van der Waals surface area contributed by atoms with Gasteiger partial charge in [-0.05, 0) is 31.0 Å². The highest BCUT2D eigenvalue weighted by Gasteiger charge is 2.49. The van der Waals surface area contributed by atoms with Gasteiger partial charge in [-0.3, -0.25) is 0 Å². The third kappa shape index (κ3) is 6.66. The van der Waals surface area contributed by atoms with Crippen LogP contribution in [0.5, 0.6) is 17.2 Å². The second-order valence-electron chi connectivity index (χ2n) is 6.18. The van der Waals surface area contributed by atoms with Crippen molar-refractivity contribution in [1.29, 1.82) is 0 Å². The lowest BCUT2D eigenvalue weighted by Gasteiger charge is -2.14. The van der Waals surface area contributed by atoms with Gasteiger partial charge in [-0.25, -0.2) is 4.79 Å². The molecular formula is C19H17Cl4F3O7S. The summed E-state index contributed by atoms with van der Waals surface area (Å²) < 4.78 is 76.7. The quantitative estimate of drug-likeness (QED) is 0.220. The largest absolute Gasteiger partial charge is 0.534 e. The third-order valence-electron chi connectivity index (χ3n) is 4.07. The number of alkyl halides is 3. The zero-order valence-electron chi connectivity index (χ0n) is 18.1. The van der Waals surface area contributed by atoms with Crippen LogP contribution in [0.25, 0.3) is 0 Å². The maximum Gasteiger partial charge on any atom is 0.534 e. The van der Waals surface area contributed by atoms with Gasteiger partial charge in [0.25, 0.3) is 0 Å². The van der Waals surface area contributed by atoms with Crippen LogP contribution < -0.4 is 13.7 Å². The van der Waals surface area contributed by atoms with E-state index in [1.165, 1.54) is 34.3 Å². The van der Waals surface area contributed by atoms with Crippen LogP contribution in [0.2, 0.25) is 20.1 Å². The molecule has 0 amide bonds. The van der Waals surface area contributed by atoms with Crippen LogP contribution >= 0.6 is 46.4 Å². The van der Waals surface area contributed by atoms with E-state index in [4.69, 9.17) is 55.9 Å². The highest BCUT2D eigenvalue weighted by Crippen LogP contribution is 2.41. The lowest BCUT2D eigenvalue weighted by Crippen LogP contribution is -2.28.